The number of alkyl halides is 1. The first kappa shape index (κ1) is 15.2. The average molecular weight is 364 g/mol. The zero-order chi connectivity index (χ0) is 15.7. The quantitative estimate of drug-likeness (QED) is 0.810. The van der Waals surface area contributed by atoms with Gasteiger partial charge in [0.05, 0.1) is 5.71 Å². The molecule has 0 aromatic heterocycles. The molecule has 0 radical (unpaired) electrons. The van der Waals surface area contributed by atoms with E-state index in [-0.39, 0.29) is 17.7 Å². The minimum absolute atomic E-state index is 0.0159. The minimum atomic E-state index is -0.391. The number of nitrogens with one attached hydrogen (secondary N) is 2. The summed E-state index contributed by atoms with van der Waals surface area (Å²) in [5, 5.41) is 7.07. The monoisotopic (exact) mass is 363 g/mol. The molecular weight excluding hydrogens is 346 g/mol. The van der Waals surface area contributed by atoms with E-state index in [9.17, 15) is 9.59 Å². The second-order valence-electron chi connectivity index (χ2n) is 5.99. The van der Waals surface area contributed by atoms with Crippen LogP contribution in [-0.2, 0) is 9.59 Å². The van der Waals surface area contributed by atoms with E-state index in [0.29, 0.717) is 6.42 Å². The van der Waals surface area contributed by atoms with Gasteiger partial charge in [-0.15, -0.1) is 0 Å². The van der Waals surface area contributed by atoms with Crippen LogP contribution in [0.5, 0.6) is 0 Å². The lowest BCUT2D eigenvalue weighted by atomic mass is 9.84. The van der Waals surface area contributed by atoms with Gasteiger partial charge < -0.3 is 5.32 Å². The highest BCUT2D eigenvalue weighted by molar-refractivity contribution is 9.10. The van der Waals surface area contributed by atoms with Gasteiger partial charge in [0.1, 0.15) is 4.32 Å². The maximum absolute atomic E-state index is 12.2. The number of benzene rings is 1. The Morgan fingerprint density at radius 2 is 2.05 bits per heavy atom. The Kier molecular flexibility index (Phi) is 4.04. The number of carbonyl (C=O) groups is 2. The summed E-state index contributed by atoms with van der Waals surface area (Å²) < 4.78 is -0.391. The van der Waals surface area contributed by atoms with E-state index in [4.69, 9.17) is 0 Å². The third kappa shape index (κ3) is 2.92. The summed E-state index contributed by atoms with van der Waals surface area (Å²) in [5.74, 6) is 0.0559. The number of halogens is 1. The molecule has 1 aliphatic carbocycles. The molecule has 1 heterocycles. The number of hydrogen-bond acceptors (Lipinski definition) is 3. The summed E-state index contributed by atoms with van der Waals surface area (Å²) in [7, 11) is 0. The molecule has 0 bridgehead atoms. The van der Waals surface area contributed by atoms with Gasteiger partial charge in [-0.1, -0.05) is 35.0 Å². The number of amides is 2. The summed E-state index contributed by atoms with van der Waals surface area (Å²) in [6.45, 7) is 1.98. The van der Waals surface area contributed by atoms with Crippen LogP contribution in [0.15, 0.2) is 29.4 Å². The molecule has 5 nitrogen and oxygen atoms in total. The van der Waals surface area contributed by atoms with Gasteiger partial charge in [0.2, 0.25) is 11.8 Å². The zero-order valence-electron chi connectivity index (χ0n) is 12.4. The Morgan fingerprint density at radius 3 is 2.59 bits per heavy atom. The zero-order valence-corrected chi connectivity index (χ0v) is 13.9. The lowest BCUT2D eigenvalue weighted by Gasteiger charge is -2.34. The molecule has 1 aliphatic heterocycles. The summed E-state index contributed by atoms with van der Waals surface area (Å²) in [4.78, 5) is 23.4. The van der Waals surface area contributed by atoms with Crippen molar-refractivity contribution in [2.24, 2.45) is 11.0 Å². The van der Waals surface area contributed by atoms with Crippen molar-refractivity contribution in [1.29, 1.82) is 0 Å². The topological polar surface area (TPSA) is 70.6 Å². The van der Waals surface area contributed by atoms with Crippen LogP contribution in [0, 0.1) is 5.92 Å². The van der Waals surface area contributed by atoms with E-state index in [1.165, 1.54) is 0 Å². The molecule has 1 aromatic carbocycles. The van der Waals surface area contributed by atoms with Crippen LogP contribution in [0.3, 0.4) is 0 Å². The molecule has 116 valence electrons. The van der Waals surface area contributed by atoms with Crippen molar-refractivity contribution in [2.75, 3.05) is 5.32 Å². The fourth-order valence-electron chi connectivity index (χ4n) is 2.68. The molecule has 2 amide bonds. The first-order chi connectivity index (χ1) is 10.5. The number of hydrazone groups is 1. The van der Waals surface area contributed by atoms with Crippen LogP contribution >= 0.6 is 15.9 Å². The molecule has 2 N–H and O–H groups in total. The van der Waals surface area contributed by atoms with Gasteiger partial charge in [-0.2, -0.15) is 5.10 Å². The molecule has 1 saturated carbocycles. The van der Waals surface area contributed by atoms with Gasteiger partial charge in [0.25, 0.3) is 0 Å². The lowest BCUT2D eigenvalue weighted by molar-refractivity contribution is -0.122. The molecule has 2 aliphatic rings. The number of rotatable bonds is 3. The average Bonchev–Trinajstić information content (AvgIpc) is 2.46. The summed E-state index contributed by atoms with van der Waals surface area (Å²) >= 11 is 3.51. The van der Waals surface area contributed by atoms with Crippen molar-refractivity contribution >= 4 is 39.1 Å². The fourth-order valence-corrected chi connectivity index (χ4v) is 3.34. The van der Waals surface area contributed by atoms with E-state index < -0.39 is 4.32 Å². The van der Waals surface area contributed by atoms with Crippen LogP contribution in [0.4, 0.5) is 5.69 Å². The Balaban J connectivity index is 1.70. The van der Waals surface area contributed by atoms with Crippen LogP contribution in [-0.4, -0.2) is 21.9 Å². The van der Waals surface area contributed by atoms with Crippen LogP contribution in [0.1, 0.15) is 38.2 Å². The summed E-state index contributed by atoms with van der Waals surface area (Å²) in [6, 6.07) is 7.58. The first-order valence-electron chi connectivity index (χ1n) is 7.45. The van der Waals surface area contributed by atoms with Gasteiger partial charge >= 0.3 is 0 Å². The molecule has 22 heavy (non-hydrogen) atoms. The Bertz CT molecular complexity index is 635. The normalized spacial score (nSPS) is 23.1. The molecule has 0 saturated heterocycles. The third-order valence-electron chi connectivity index (χ3n) is 4.25. The predicted molar refractivity (Wildman–Crippen MR) is 89.0 cm³/mol. The Morgan fingerprint density at radius 1 is 1.36 bits per heavy atom. The van der Waals surface area contributed by atoms with E-state index >= 15 is 0 Å². The van der Waals surface area contributed by atoms with Gasteiger partial charge in [0, 0.05) is 18.0 Å². The van der Waals surface area contributed by atoms with Gasteiger partial charge in [-0.3, -0.25) is 9.59 Å². The number of nitrogens with zero attached hydrogens (tertiary/aromatic N) is 1. The van der Waals surface area contributed by atoms with Crippen molar-refractivity contribution in [3.05, 3.63) is 29.8 Å². The third-order valence-corrected chi connectivity index (χ3v) is 5.40. The highest BCUT2D eigenvalue weighted by Gasteiger charge is 2.41. The highest BCUT2D eigenvalue weighted by atomic mass is 79.9. The van der Waals surface area contributed by atoms with E-state index in [0.717, 1.165) is 36.2 Å². The summed E-state index contributed by atoms with van der Waals surface area (Å²) in [5.41, 5.74) is 5.12. The molecule has 1 atom stereocenters. The molecular formula is C16H18BrN3O2. The SMILES string of the molecule is CC1CC(=O)NN=C1c1ccc(NC(=O)C2(Br)CCC2)cc1. The van der Waals surface area contributed by atoms with E-state index in [1.54, 1.807) is 0 Å². The van der Waals surface area contributed by atoms with Crippen molar-refractivity contribution < 1.29 is 9.59 Å². The van der Waals surface area contributed by atoms with Crippen molar-refractivity contribution in [3.63, 3.8) is 0 Å². The smallest absolute Gasteiger partial charge is 0.241 e. The van der Waals surface area contributed by atoms with Gasteiger partial charge in [-0.25, -0.2) is 5.43 Å². The van der Waals surface area contributed by atoms with Crippen LogP contribution in [0.2, 0.25) is 0 Å². The molecule has 1 unspecified atom stereocenters. The van der Waals surface area contributed by atoms with Crippen molar-refractivity contribution in [3.8, 4) is 0 Å². The summed E-state index contributed by atoms with van der Waals surface area (Å²) in [6.07, 6.45) is 3.29. The molecule has 3 rings (SSSR count). The standard InChI is InChI=1S/C16H18BrN3O2/c1-10-9-13(21)19-20-14(10)11-3-5-12(6-4-11)18-15(22)16(17)7-2-8-16/h3-6,10H,2,7-9H2,1H3,(H,18,22)(H,19,21). The number of carbonyl (C=O) groups excluding carboxylic acids is 2. The van der Waals surface area contributed by atoms with Gasteiger partial charge in [-0.05, 0) is 37.0 Å². The number of hydrogen-bond donors (Lipinski definition) is 2. The molecule has 1 fully saturated rings. The van der Waals surface area contributed by atoms with E-state index in [2.05, 4.69) is 31.8 Å². The first-order valence-corrected chi connectivity index (χ1v) is 8.24. The van der Waals surface area contributed by atoms with Crippen LogP contribution < -0.4 is 10.7 Å². The second-order valence-corrected chi connectivity index (χ2v) is 7.51. The fraction of sp³-hybridized carbons (Fsp3) is 0.438. The maximum Gasteiger partial charge on any atom is 0.241 e. The Labute approximate surface area is 137 Å². The number of anilines is 1. The maximum atomic E-state index is 12.2. The molecule has 0 spiro atoms. The molecule has 6 heteroatoms. The van der Waals surface area contributed by atoms with E-state index in [1.807, 2.05) is 31.2 Å². The van der Waals surface area contributed by atoms with Crippen LogP contribution in [0.25, 0.3) is 0 Å². The van der Waals surface area contributed by atoms with Crippen molar-refractivity contribution in [2.45, 2.75) is 36.9 Å². The molecule has 1 aromatic rings. The van der Waals surface area contributed by atoms with Gasteiger partial charge in [0.15, 0.2) is 0 Å². The lowest BCUT2D eigenvalue weighted by Crippen LogP contribution is -2.43. The largest absolute Gasteiger partial charge is 0.325 e. The van der Waals surface area contributed by atoms with Crippen molar-refractivity contribution in [1.82, 2.24) is 5.43 Å². The predicted octanol–water partition coefficient (Wildman–Crippen LogP) is 2.80. The second kappa shape index (κ2) is 5.83. The minimum Gasteiger partial charge on any atom is -0.325 e. The Hall–Kier alpha value is -1.69. The highest BCUT2D eigenvalue weighted by Crippen LogP contribution is 2.41.